The number of hydrogen-bond acceptors (Lipinski definition) is 3. The third kappa shape index (κ3) is 3.66. The standard InChI is InChI=1S/C15H23N5.ClH/c1-11(2)20-14(8-15(18-20)12-4-5-12)10-16-9-13-6-7-17-19(13)3;/h6-8,11-12,16H,4-5,9-10H2,1-3H3;1H. The summed E-state index contributed by atoms with van der Waals surface area (Å²) < 4.78 is 4.06. The van der Waals surface area contributed by atoms with Gasteiger partial charge in [-0.05, 0) is 38.8 Å². The van der Waals surface area contributed by atoms with E-state index in [1.165, 1.54) is 29.9 Å². The first kappa shape index (κ1) is 16.0. The van der Waals surface area contributed by atoms with Crippen LogP contribution in [0.25, 0.3) is 0 Å². The molecule has 2 aromatic rings. The van der Waals surface area contributed by atoms with Crippen molar-refractivity contribution < 1.29 is 0 Å². The Hall–Kier alpha value is -1.33. The van der Waals surface area contributed by atoms with Gasteiger partial charge in [0, 0.05) is 38.3 Å². The molecular weight excluding hydrogens is 286 g/mol. The summed E-state index contributed by atoms with van der Waals surface area (Å²) in [5.41, 5.74) is 3.75. The molecule has 2 aromatic heterocycles. The molecule has 0 unspecified atom stereocenters. The molecule has 0 aliphatic heterocycles. The first-order valence-electron chi connectivity index (χ1n) is 7.41. The Morgan fingerprint density at radius 1 is 1.29 bits per heavy atom. The van der Waals surface area contributed by atoms with Gasteiger partial charge >= 0.3 is 0 Å². The molecule has 0 atom stereocenters. The second kappa shape index (κ2) is 6.62. The van der Waals surface area contributed by atoms with Crippen molar-refractivity contribution >= 4 is 12.4 Å². The molecule has 1 aliphatic carbocycles. The van der Waals surface area contributed by atoms with E-state index in [2.05, 4.69) is 35.0 Å². The van der Waals surface area contributed by atoms with Crippen LogP contribution in [0.15, 0.2) is 18.3 Å². The van der Waals surface area contributed by atoms with Gasteiger partial charge in [-0.15, -0.1) is 12.4 Å². The van der Waals surface area contributed by atoms with E-state index < -0.39 is 0 Å². The second-order valence-electron chi connectivity index (χ2n) is 5.92. The van der Waals surface area contributed by atoms with Gasteiger partial charge in [0.1, 0.15) is 0 Å². The minimum atomic E-state index is 0. The van der Waals surface area contributed by atoms with Gasteiger partial charge in [-0.25, -0.2) is 0 Å². The first-order valence-corrected chi connectivity index (χ1v) is 7.41. The molecule has 1 fully saturated rings. The summed E-state index contributed by atoms with van der Waals surface area (Å²) in [6, 6.07) is 4.73. The molecule has 6 heteroatoms. The Kier molecular flexibility index (Phi) is 5.06. The van der Waals surface area contributed by atoms with Crippen LogP contribution in [-0.4, -0.2) is 19.6 Å². The van der Waals surface area contributed by atoms with Crippen LogP contribution in [0, 0.1) is 0 Å². The van der Waals surface area contributed by atoms with Crippen LogP contribution < -0.4 is 5.32 Å². The maximum atomic E-state index is 4.76. The minimum Gasteiger partial charge on any atom is -0.306 e. The van der Waals surface area contributed by atoms with Gasteiger partial charge in [0.05, 0.1) is 17.1 Å². The maximum absolute atomic E-state index is 4.76. The van der Waals surface area contributed by atoms with Gasteiger partial charge in [-0.2, -0.15) is 10.2 Å². The van der Waals surface area contributed by atoms with Crippen molar-refractivity contribution in [3.8, 4) is 0 Å². The average Bonchev–Trinajstić information content (AvgIpc) is 3.05. The smallest absolute Gasteiger partial charge is 0.0659 e. The molecule has 1 aliphatic rings. The zero-order chi connectivity index (χ0) is 14.1. The number of hydrogen-bond donors (Lipinski definition) is 1. The van der Waals surface area contributed by atoms with Crippen LogP contribution in [0.2, 0.25) is 0 Å². The lowest BCUT2D eigenvalue weighted by Gasteiger charge is -2.11. The highest BCUT2D eigenvalue weighted by Crippen LogP contribution is 2.39. The zero-order valence-corrected chi connectivity index (χ0v) is 13.7. The molecule has 0 bridgehead atoms. The van der Waals surface area contributed by atoms with Crippen molar-refractivity contribution in [2.24, 2.45) is 7.05 Å². The number of nitrogens with zero attached hydrogens (tertiary/aromatic N) is 4. The van der Waals surface area contributed by atoms with E-state index in [1.807, 2.05) is 24.0 Å². The summed E-state index contributed by atoms with van der Waals surface area (Å²) in [6.45, 7) is 6.06. The highest BCUT2D eigenvalue weighted by atomic mass is 35.5. The Morgan fingerprint density at radius 2 is 2.00 bits per heavy atom. The lowest BCUT2D eigenvalue weighted by Crippen LogP contribution is -2.18. The van der Waals surface area contributed by atoms with Crippen LogP contribution in [-0.2, 0) is 20.1 Å². The lowest BCUT2D eigenvalue weighted by atomic mass is 10.2. The van der Waals surface area contributed by atoms with Crippen molar-refractivity contribution in [3.63, 3.8) is 0 Å². The van der Waals surface area contributed by atoms with Crippen LogP contribution in [0.5, 0.6) is 0 Å². The van der Waals surface area contributed by atoms with Gasteiger partial charge in [-0.3, -0.25) is 9.36 Å². The fourth-order valence-corrected chi connectivity index (χ4v) is 2.51. The Balaban J connectivity index is 0.00000161. The SMILES string of the molecule is CC(C)n1nc(C2CC2)cc1CNCc1ccnn1C.Cl. The number of nitrogens with one attached hydrogen (secondary N) is 1. The van der Waals surface area contributed by atoms with E-state index in [-0.39, 0.29) is 12.4 Å². The van der Waals surface area contributed by atoms with Crippen LogP contribution in [0.4, 0.5) is 0 Å². The van der Waals surface area contributed by atoms with E-state index in [0.717, 1.165) is 13.1 Å². The first-order chi connectivity index (χ1) is 9.65. The molecule has 0 amide bonds. The van der Waals surface area contributed by atoms with Gasteiger partial charge in [0.25, 0.3) is 0 Å². The molecule has 2 heterocycles. The van der Waals surface area contributed by atoms with E-state index >= 15 is 0 Å². The van der Waals surface area contributed by atoms with E-state index in [1.54, 1.807) is 0 Å². The second-order valence-corrected chi connectivity index (χ2v) is 5.92. The van der Waals surface area contributed by atoms with E-state index in [9.17, 15) is 0 Å². The van der Waals surface area contributed by atoms with Crippen molar-refractivity contribution in [2.75, 3.05) is 0 Å². The van der Waals surface area contributed by atoms with Crippen LogP contribution >= 0.6 is 12.4 Å². The number of aromatic nitrogens is 4. The highest BCUT2D eigenvalue weighted by molar-refractivity contribution is 5.85. The molecule has 116 valence electrons. The largest absolute Gasteiger partial charge is 0.306 e. The summed E-state index contributed by atoms with van der Waals surface area (Å²) >= 11 is 0. The molecule has 0 spiro atoms. The van der Waals surface area contributed by atoms with Gasteiger partial charge in [0.15, 0.2) is 0 Å². The molecule has 21 heavy (non-hydrogen) atoms. The summed E-state index contributed by atoms with van der Waals surface area (Å²) in [4.78, 5) is 0. The van der Waals surface area contributed by atoms with Crippen LogP contribution in [0.3, 0.4) is 0 Å². The Bertz CT molecular complexity index is 583. The monoisotopic (exact) mass is 309 g/mol. The van der Waals surface area contributed by atoms with Crippen molar-refractivity contribution in [2.45, 2.75) is 51.7 Å². The molecular formula is C15H24ClN5. The predicted octanol–water partition coefficient (Wildman–Crippen LogP) is 2.79. The summed E-state index contributed by atoms with van der Waals surface area (Å²) in [5, 5.41) is 12.4. The number of halogens is 1. The molecule has 5 nitrogen and oxygen atoms in total. The third-order valence-corrected chi connectivity index (χ3v) is 3.85. The molecule has 1 saturated carbocycles. The van der Waals surface area contributed by atoms with Crippen molar-refractivity contribution in [3.05, 3.63) is 35.4 Å². The van der Waals surface area contributed by atoms with Crippen LogP contribution in [0.1, 0.15) is 55.7 Å². The zero-order valence-electron chi connectivity index (χ0n) is 12.9. The maximum Gasteiger partial charge on any atom is 0.0659 e. The Labute approximate surface area is 132 Å². The fourth-order valence-electron chi connectivity index (χ4n) is 2.51. The van der Waals surface area contributed by atoms with Crippen molar-refractivity contribution in [1.29, 1.82) is 0 Å². The molecule has 3 rings (SSSR count). The van der Waals surface area contributed by atoms with Gasteiger partial charge in [0.2, 0.25) is 0 Å². The van der Waals surface area contributed by atoms with Crippen molar-refractivity contribution in [1.82, 2.24) is 24.9 Å². The molecule has 0 aromatic carbocycles. The third-order valence-electron chi connectivity index (χ3n) is 3.85. The highest BCUT2D eigenvalue weighted by Gasteiger charge is 2.27. The molecule has 0 saturated heterocycles. The van der Waals surface area contributed by atoms with E-state index in [0.29, 0.717) is 12.0 Å². The fraction of sp³-hybridized carbons (Fsp3) is 0.600. The number of rotatable bonds is 6. The average molecular weight is 310 g/mol. The number of aryl methyl sites for hydroxylation is 1. The normalized spacial score (nSPS) is 14.5. The summed E-state index contributed by atoms with van der Waals surface area (Å²) in [6.07, 6.45) is 4.44. The van der Waals surface area contributed by atoms with Gasteiger partial charge in [-0.1, -0.05) is 0 Å². The topological polar surface area (TPSA) is 47.7 Å². The summed E-state index contributed by atoms with van der Waals surface area (Å²) in [7, 11) is 1.97. The Morgan fingerprint density at radius 3 is 2.57 bits per heavy atom. The van der Waals surface area contributed by atoms with E-state index in [4.69, 9.17) is 5.10 Å². The molecule has 0 radical (unpaired) electrons. The molecule has 1 N–H and O–H groups in total. The van der Waals surface area contributed by atoms with Gasteiger partial charge < -0.3 is 5.32 Å². The quantitative estimate of drug-likeness (QED) is 0.892. The predicted molar refractivity (Wildman–Crippen MR) is 85.6 cm³/mol. The lowest BCUT2D eigenvalue weighted by molar-refractivity contribution is 0.489. The summed E-state index contributed by atoms with van der Waals surface area (Å²) in [5.74, 6) is 0.714. The minimum absolute atomic E-state index is 0.